The van der Waals surface area contributed by atoms with E-state index in [0.717, 1.165) is 56.7 Å². The Kier molecular flexibility index (Phi) is 11.0. The molecule has 4 aromatic rings. The number of amides is 2. The van der Waals surface area contributed by atoms with Crippen molar-refractivity contribution in [3.8, 4) is 0 Å². The van der Waals surface area contributed by atoms with E-state index in [2.05, 4.69) is 21.2 Å². The van der Waals surface area contributed by atoms with Crippen LogP contribution in [0.4, 0.5) is 5.69 Å². The van der Waals surface area contributed by atoms with E-state index in [4.69, 9.17) is 0 Å². The van der Waals surface area contributed by atoms with Crippen molar-refractivity contribution in [2.45, 2.75) is 69.5 Å². The highest BCUT2D eigenvalue weighted by molar-refractivity contribution is 9.10. The van der Waals surface area contributed by atoms with Crippen LogP contribution in [0.1, 0.15) is 47.9 Å². The molecule has 1 N–H and O–H groups in total. The predicted octanol–water partition coefficient (Wildman–Crippen LogP) is 6.96. The van der Waals surface area contributed by atoms with Crippen molar-refractivity contribution in [2.24, 2.45) is 0 Å². The molecule has 0 bridgehead atoms. The molecule has 0 unspecified atom stereocenters. The lowest BCUT2D eigenvalue weighted by molar-refractivity contribution is -0.140. The molecule has 0 heterocycles. The zero-order valence-corrected chi connectivity index (χ0v) is 28.6. The molecule has 1 fully saturated rings. The summed E-state index contributed by atoms with van der Waals surface area (Å²) in [6, 6.07) is 30.1. The number of rotatable bonds is 12. The molecule has 9 heteroatoms. The number of hydrogen-bond acceptors (Lipinski definition) is 4. The van der Waals surface area contributed by atoms with Gasteiger partial charge < -0.3 is 10.2 Å². The fourth-order valence-corrected chi connectivity index (χ4v) is 7.46. The number of hydrogen-bond donors (Lipinski definition) is 1. The van der Waals surface area contributed by atoms with Crippen LogP contribution in [0.15, 0.2) is 112 Å². The third-order valence-corrected chi connectivity index (χ3v) is 10.8. The summed E-state index contributed by atoms with van der Waals surface area (Å²) in [6.07, 6.45) is 4.20. The Bertz CT molecular complexity index is 1720. The average Bonchev–Trinajstić information content (AvgIpc) is 3.56. The maximum atomic E-state index is 14.6. The number of aryl methyl sites for hydroxylation is 2. The Morgan fingerprint density at radius 3 is 2.00 bits per heavy atom. The molecule has 1 aliphatic rings. The highest BCUT2D eigenvalue weighted by Crippen LogP contribution is 2.26. The number of anilines is 1. The van der Waals surface area contributed by atoms with E-state index >= 15 is 0 Å². The molecular formula is C37H40BrN3O4S. The second-order valence-electron chi connectivity index (χ2n) is 12.0. The molecule has 1 atom stereocenters. The van der Waals surface area contributed by atoms with Crippen molar-refractivity contribution in [3.05, 3.63) is 130 Å². The van der Waals surface area contributed by atoms with E-state index < -0.39 is 28.5 Å². The van der Waals surface area contributed by atoms with Crippen LogP contribution in [0, 0.1) is 13.8 Å². The monoisotopic (exact) mass is 701 g/mol. The Balaban J connectivity index is 1.55. The van der Waals surface area contributed by atoms with Gasteiger partial charge in [0.1, 0.15) is 12.6 Å². The van der Waals surface area contributed by atoms with Crippen molar-refractivity contribution in [1.82, 2.24) is 10.2 Å². The van der Waals surface area contributed by atoms with E-state index in [1.165, 1.54) is 0 Å². The summed E-state index contributed by atoms with van der Waals surface area (Å²) in [7, 11) is -4.14. The minimum absolute atomic E-state index is 0.0568. The Morgan fingerprint density at radius 2 is 1.39 bits per heavy atom. The van der Waals surface area contributed by atoms with Gasteiger partial charge in [-0.3, -0.25) is 13.9 Å². The van der Waals surface area contributed by atoms with Crippen molar-refractivity contribution >= 4 is 43.5 Å². The third-order valence-electron chi connectivity index (χ3n) is 8.45. The minimum Gasteiger partial charge on any atom is -0.352 e. The first-order valence-corrected chi connectivity index (χ1v) is 17.9. The lowest BCUT2D eigenvalue weighted by Gasteiger charge is -2.34. The van der Waals surface area contributed by atoms with E-state index in [9.17, 15) is 18.0 Å². The summed E-state index contributed by atoms with van der Waals surface area (Å²) in [5.74, 6) is -0.703. The summed E-state index contributed by atoms with van der Waals surface area (Å²) in [4.78, 5) is 30.3. The zero-order valence-electron chi connectivity index (χ0n) is 26.2. The summed E-state index contributed by atoms with van der Waals surface area (Å²) in [5.41, 5.74) is 4.00. The Hall–Kier alpha value is -3.95. The van der Waals surface area contributed by atoms with Crippen LogP contribution < -0.4 is 9.62 Å². The van der Waals surface area contributed by atoms with Gasteiger partial charge in [0.2, 0.25) is 11.8 Å². The second kappa shape index (κ2) is 15.1. The van der Waals surface area contributed by atoms with Crippen molar-refractivity contribution in [3.63, 3.8) is 0 Å². The second-order valence-corrected chi connectivity index (χ2v) is 14.8. The molecule has 1 saturated carbocycles. The minimum atomic E-state index is -4.14. The van der Waals surface area contributed by atoms with Gasteiger partial charge in [-0.15, -0.1) is 0 Å². The number of carbonyl (C=O) groups excluding carboxylic acids is 2. The standard InChI is InChI=1S/C37H40BrN3O4S/c1-27-12-20-33(21-13-27)41(46(44,45)34-22-14-28(2)15-23-34)26-36(42)40(25-30-16-18-31(38)19-17-30)35(24-29-8-4-3-5-9-29)37(43)39-32-10-6-7-11-32/h3-5,8-9,12-23,32,35H,6-7,10-11,24-26H2,1-2H3,(H,39,43)/t35-/m0/s1. The molecule has 46 heavy (non-hydrogen) atoms. The molecule has 1 aliphatic carbocycles. The van der Waals surface area contributed by atoms with Crippen LogP contribution in [0.3, 0.4) is 0 Å². The van der Waals surface area contributed by atoms with Crippen LogP contribution in [-0.4, -0.2) is 43.8 Å². The van der Waals surface area contributed by atoms with E-state index in [1.54, 1.807) is 41.3 Å². The summed E-state index contributed by atoms with van der Waals surface area (Å²) in [5, 5.41) is 3.21. The van der Waals surface area contributed by atoms with Gasteiger partial charge in [0.05, 0.1) is 10.6 Å². The molecule has 4 aromatic carbocycles. The van der Waals surface area contributed by atoms with E-state index in [-0.39, 0.29) is 29.8 Å². The Labute approximate surface area is 280 Å². The lowest BCUT2D eigenvalue weighted by atomic mass is 10.0. The molecule has 240 valence electrons. The highest BCUT2D eigenvalue weighted by atomic mass is 79.9. The number of benzene rings is 4. The average molecular weight is 703 g/mol. The summed E-state index contributed by atoms with van der Waals surface area (Å²) in [6.45, 7) is 3.47. The fraction of sp³-hybridized carbons (Fsp3) is 0.297. The molecule has 0 radical (unpaired) electrons. The smallest absolute Gasteiger partial charge is 0.264 e. The van der Waals surface area contributed by atoms with Gasteiger partial charge in [0.25, 0.3) is 10.0 Å². The van der Waals surface area contributed by atoms with Crippen LogP contribution >= 0.6 is 15.9 Å². The van der Waals surface area contributed by atoms with Crippen LogP contribution in [0.5, 0.6) is 0 Å². The van der Waals surface area contributed by atoms with E-state index in [0.29, 0.717) is 5.69 Å². The van der Waals surface area contributed by atoms with Gasteiger partial charge in [-0.1, -0.05) is 107 Å². The van der Waals surface area contributed by atoms with Crippen molar-refractivity contribution < 1.29 is 18.0 Å². The molecule has 0 spiro atoms. The van der Waals surface area contributed by atoms with Crippen LogP contribution in [0.2, 0.25) is 0 Å². The summed E-state index contributed by atoms with van der Waals surface area (Å²) >= 11 is 3.48. The first-order chi connectivity index (χ1) is 22.1. The first kappa shape index (κ1) is 33.4. The zero-order chi connectivity index (χ0) is 32.7. The SMILES string of the molecule is Cc1ccc(N(CC(=O)N(Cc2ccc(Br)cc2)[C@@H](Cc2ccccc2)C(=O)NC2CCCC2)S(=O)(=O)c2ccc(C)cc2)cc1. The molecular weight excluding hydrogens is 662 g/mol. The number of halogens is 1. The van der Waals surface area contributed by atoms with Gasteiger partial charge in [-0.05, 0) is 74.2 Å². The van der Waals surface area contributed by atoms with Gasteiger partial charge in [0, 0.05) is 23.5 Å². The van der Waals surface area contributed by atoms with Crippen molar-refractivity contribution in [1.29, 1.82) is 0 Å². The van der Waals surface area contributed by atoms with Crippen LogP contribution in [-0.2, 0) is 32.6 Å². The molecule has 2 amide bonds. The molecule has 0 aliphatic heterocycles. The maximum absolute atomic E-state index is 14.6. The van der Waals surface area contributed by atoms with E-state index in [1.807, 2.05) is 80.6 Å². The van der Waals surface area contributed by atoms with Gasteiger partial charge in [0.15, 0.2) is 0 Å². The summed E-state index contributed by atoms with van der Waals surface area (Å²) < 4.78 is 30.4. The molecule has 5 rings (SSSR count). The Morgan fingerprint density at radius 1 is 0.804 bits per heavy atom. The lowest BCUT2D eigenvalue weighted by Crippen LogP contribution is -2.54. The largest absolute Gasteiger partial charge is 0.352 e. The fourth-order valence-electron chi connectivity index (χ4n) is 5.79. The number of nitrogens with one attached hydrogen (secondary N) is 1. The number of sulfonamides is 1. The van der Waals surface area contributed by atoms with Crippen molar-refractivity contribution in [2.75, 3.05) is 10.8 Å². The molecule has 7 nitrogen and oxygen atoms in total. The van der Waals surface area contributed by atoms with Gasteiger partial charge >= 0.3 is 0 Å². The van der Waals surface area contributed by atoms with Gasteiger partial charge in [-0.2, -0.15) is 0 Å². The van der Waals surface area contributed by atoms with Gasteiger partial charge in [-0.25, -0.2) is 8.42 Å². The van der Waals surface area contributed by atoms with Crippen LogP contribution in [0.25, 0.3) is 0 Å². The quantitative estimate of drug-likeness (QED) is 0.173. The predicted molar refractivity (Wildman–Crippen MR) is 186 cm³/mol. The number of nitrogens with zero attached hydrogens (tertiary/aromatic N) is 2. The highest BCUT2D eigenvalue weighted by Gasteiger charge is 2.35. The maximum Gasteiger partial charge on any atom is 0.264 e. The molecule has 0 aromatic heterocycles. The normalized spacial score (nSPS) is 14.1. The first-order valence-electron chi connectivity index (χ1n) is 15.6. The molecule has 0 saturated heterocycles. The topological polar surface area (TPSA) is 86.8 Å². The number of carbonyl (C=O) groups is 2. The third kappa shape index (κ3) is 8.44.